The maximum atomic E-state index is 14.5. The van der Waals surface area contributed by atoms with E-state index in [4.69, 9.17) is 28.2 Å². The van der Waals surface area contributed by atoms with Crippen molar-refractivity contribution in [3.05, 3.63) is 47.6 Å². The normalized spacial score (nSPS) is 36.6. The highest BCUT2D eigenvalue weighted by Gasteiger charge is 2.53. The molecule has 2 saturated heterocycles. The fourth-order valence-electron chi connectivity index (χ4n) is 10.5. The number of fused-ring (bicyclic) bond motifs is 3. The summed E-state index contributed by atoms with van der Waals surface area (Å²) in [6.07, 6.45) is 11.4. The number of esters is 1. The number of Topliss-reactive ketones (excluding diaryl/α,β-unsaturated/α-hetero) is 3. The van der Waals surface area contributed by atoms with Crippen molar-refractivity contribution in [2.45, 2.75) is 180 Å². The SMILES string of the molecule is CO[C@H]1C[C@@H]2CC[C@@H](C)[C@@](O)(O2)C(=O)C(=O)N2CCCC[C@H]2C(=O)OC([C@H](C)C[C@H]2CC[C@@H](OP(C)(C)=O)[C@H](OC)C2)CC(=O)[C@H](C)C=C(C)[C@@H](O)[C@@H](OC)C(=O)[C@H](C)C[C@H](C)C=CC=CC=C1C. The molecule has 69 heavy (non-hydrogen) atoms. The van der Waals surface area contributed by atoms with E-state index in [0.29, 0.717) is 63.4 Å². The van der Waals surface area contributed by atoms with Gasteiger partial charge in [0, 0.05) is 71.8 Å². The average Bonchev–Trinajstić information content (AvgIpc) is 3.30. The first-order chi connectivity index (χ1) is 32.4. The van der Waals surface area contributed by atoms with Gasteiger partial charge in [-0.15, -0.1) is 0 Å². The van der Waals surface area contributed by atoms with Crippen molar-refractivity contribution >= 4 is 36.6 Å². The minimum absolute atomic E-state index is 0.0117. The third kappa shape index (κ3) is 16.2. The first kappa shape index (κ1) is 58.4. The highest BCUT2D eigenvalue weighted by Crippen LogP contribution is 2.45. The van der Waals surface area contributed by atoms with Gasteiger partial charge in [0.2, 0.25) is 5.79 Å². The van der Waals surface area contributed by atoms with Crippen molar-refractivity contribution in [2.24, 2.45) is 35.5 Å². The number of piperidine rings is 1. The Kier molecular flexibility index (Phi) is 22.5. The Bertz CT molecular complexity index is 1940. The topological polar surface area (TPSA) is 201 Å². The van der Waals surface area contributed by atoms with Gasteiger partial charge in [-0.3, -0.25) is 23.7 Å². The van der Waals surface area contributed by atoms with Crippen molar-refractivity contribution in [3.8, 4) is 0 Å². The minimum atomic E-state index is -2.79. The fourth-order valence-corrected chi connectivity index (χ4v) is 11.4. The van der Waals surface area contributed by atoms with Gasteiger partial charge in [-0.25, -0.2) is 4.79 Å². The van der Waals surface area contributed by atoms with Gasteiger partial charge in [-0.05, 0) is 107 Å². The molecule has 1 aliphatic carbocycles. The largest absolute Gasteiger partial charge is 0.460 e. The lowest BCUT2D eigenvalue weighted by Crippen LogP contribution is -2.61. The van der Waals surface area contributed by atoms with Crippen LogP contribution in [0.4, 0.5) is 0 Å². The van der Waals surface area contributed by atoms with Gasteiger partial charge in [0.1, 0.15) is 30.1 Å². The Hall–Kier alpha value is -3.14. The summed E-state index contributed by atoms with van der Waals surface area (Å²) in [5.41, 5.74) is 1.25. The number of hydrogen-bond acceptors (Lipinski definition) is 14. The van der Waals surface area contributed by atoms with E-state index < -0.39 is 85.1 Å². The number of nitrogens with zero attached hydrogens (tertiary/aromatic N) is 1. The lowest BCUT2D eigenvalue weighted by molar-refractivity contribution is -0.265. The Morgan fingerprint density at radius 2 is 1.57 bits per heavy atom. The molecule has 0 aromatic heterocycles. The molecule has 4 aliphatic rings. The second-order valence-electron chi connectivity index (χ2n) is 20.9. The highest BCUT2D eigenvalue weighted by molar-refractivity contribution is 7.57. The van der Waals surface area contributed by atoms with Crippen LogP contribution in [-0.4, -0.2) is 140 Å². The summed E-state index contributed by atoms with van der Waals surface area (Å²) in [5.74, 6) is -8.11. The molecule has 1 amide bonds. The van der Waals surface area contributed by atoms with Crippen LogP contribution in [-0.2, 0) is 56.7 Å². The molecular weight excluding hydrogens is 906 g/mol. The molecule has 390 valence electrons. The standard InChI is InChI=1S/C53H84NO14P/c1-32-18-14-13-15-19-33(2)44(63-8)30-40-23-21-38(7)53(61,67-40)50(58)51(59)54-25-17-16-20-41(54)52(60)66-45(35(4)28-39-22-24-43(46(29-39)64-9)68-69(11,12)62)31-42(55)34(3)27-37(6)48(57)49(65-10)47(56)36(5)26-32/h13-15,18-19,27,32,34-36,38-41,43-46,48-49,57,61H,16-17,20-26,28-31H2,1-12H3/t32-,34-,35-,36-,38-,39-,40+,41+,43-,44+,45?,46-,48-,49+,53-/m1/s1. The zero-order valence-corrected chi connectivity index (χ0v) is 44.3. The van der Waals surface area contributed by atoms with Crippen LogP contribution in [0.3, 0.4) is 0 Å². The molecule has 0 radical (unpaired) electrons. The monoisotopic (exact) mass is 990 g/mol. The summed E-state index contributed by atoms with van der Waals surface area (Å²) in [6, 6.07) is -1.16. The lowest BCUT2D eigenvalue weighted by atomic mass is 9.78. The van der Waals surface area contributed by atoms with Crippen LogP contribution in [0.1, 0.15) is 126 Å². The van der Waals surface area contributed by atoms with E-state index in [1.165, 1.54) is 12.0 Å². The van der Waals surface area contributed by atoms with E-state index in [9.17, 15) is 38.8 Å². The van der Waals surface area contributed by atoms with E-state index in [2.05, 4.69) is 0 Å². The molecule has 3 heterocycles. The Labute approximate surface area is 411 Å². The maximum absolute atomic E-state index is 14.5. The van der Waals surface area contributed by atoms with Crippen molar-refractivity contribution in [1.29, 1.82) is 0 Å². The summed E-state index contributed by atoms with van der Waals surface area (Å²) in [6.45, 7) is 15.9. The smallest absolute Gasteiger partial charge is 0.329 e. The number of hydrogen-bond donors (Lipinski definition) is 2. The summed E-state index contributed by atoms with van der Waals surface area (Å²) in [7, 11) is 1.76. The lowest BCUT2D eigenvalue weighted by Gasteiger charge is -2.42. The predicted molar refractivity (Wildman–Crippen MR) is 263 cm³/mol. The maximum Gasteiger partial charge on any atom is 0.329 e. The average molecular weight is 990 g/mol. The van der Waals surface area contributed by atoms with E-state index in [0.717, 1.165) is 12.0 Å². The van der Waals surface area contributed by atoms with Gasteiger partial charge >= 0.3 is 5.97 Å². The number of methoxy groups -OCH3 is 3. The van der Waals surface area contributed by atoms with Crippen molar-refractivity contribution < 1.29 is 67.0 Å². The van der Waals surface area contributed by atoms with Gasteiger partial charge in [0.05, 0.1) is 24.4 Å². The molecule has 1 unspecified atom stereocenters. The van der Waals surface area contributed by atoms with Gasteiger partial charge in [-0.2, -0.15) is 0 Å². The number of aliphatic hydroxyl groups is 2. The zero-order valence-electron chi connectivity index (χ0n) is 43.4. The number of allylic oxidation sites excluding steroid dienone is 6. The quantitative estimate of drug-likeness (QED) is 0.104. The fraction of sp³-hybridized carbons (Fsp3) is 0.755. The number of ether oxygens (including phenoxy) is 5. The minimum Gasteiger partial charge on any atom is -0.460 e. The van der Waals surface area contributed by atoms with Crippen LogP contribution in [0.25, 0.3) is 0 Å². The van der Waals surface area contributed by atoms with Crippen LogP contribution in [0.15, 0.2) is 47.6 Å². The van der Waals surface area contributed by atoms with Crippen LogP contribution in [0.5, 0.6) is 0 Å². The molecule has 15 nitrogen and oxygen atoms in total. The first-order valence-corrected chi connectivity index (χ1v) is 27.7. The molecule has 2 N–H and O–H groups in total. The number of carbonyl (C=O) groups excluding carboxylic acids is 5. The molecule has 15 atom stereocenters. The molecular formula is C53H84NO14P. The molecule has 0 aromatic rings. The van der Waals surface area contributed by atoms with Crippen LogP contribution >= 0.6 is 7.37 Å². The van der Waals surface area contributed by atoms with Crippen LogP contribution < -0.4 is 0 Å². The molecule has 2 bridgehead atoms. The molecule has 1 saturated carbocycles. The van der Waals surface area contributed by atoms with Gasteiger partial charge in [0.15, 0.2) is 13.2 Å². The van der Waals surface area contributed by atoms with Crippen molar-refractivity contribution in [1.82, 2.24) is 4.90 Å². The molecule has 16 heteroatoms. The first-order valence-electron chi connectivity index (χ1n) is 25.2. The Balaban J connectivity index is 1.70. The third-order valence-electron chi connectivity index (χ3n) is 14.8. The molecule has 3 aliphatic heterocycles. The predicted octanol–water partition coefficient (Wildman–Crippen LogP) is 7.74. The van der Waals surface area contributed by atoms with E-state index in [1.807, 2.05) is 58.1 Å². The van der Waals surface area contributed by atoms with Gasteiger partial charge in [0.25, 0.3) is 11.7 Å². The number of rotatable bonds is 8. The second kappa shape index (κ2) is 26.5. The molecule has 0 spiro atoms. The third-order valence-corrected chi connectivity index (χ3v) is 15.6. The summed E-state index contributed by atoms with van der Waals surface area (Å²) in [4.78, 5) is 72.2. The van der Waals surface area contributed by atoms with Gasteiger partial charge < -0.3 is 43.3 Å². The number of cyclic esters (lactones) is 1. The van der Waals surface area contributed by atoms with E-state index >= 15 is 0 Å². The molecule has 4 rings (SSSR count). The molecule has 0 aromatic carbocycles. The van der Waals surface area contributed by atoms with Crippen LogP contribution in [0, 0.1) is 35.5 Å². The van der Waals surface area contributed by atoms with E-state index in [-0.39, 0.29) is 60.9 Å². The molecule has 3 fully saturated rings. The van der Waals surface area contributed by atoms with Gasteiger partial charge in [-0.1, -0.05) is 71.1 Å². The van der Waals surface area contributed by atoms with E-state index in [1.54, 1.807) is 54.4 Å². The number of ketones is 3. The Morgan fingerprint density at radius 3 is 2.22 bits per heavy atom. The van der Waals surface area contributed by atoms with Crippen LogP contribution in [0.2, 0.25) is 0 Å². The number of aliphatic hydroxyl groups excluding tert-OH is 1. The summed E-state index contributed by atoms with van der Waals surface area (Å²) < 4.78 is 48.2. The second-order valence-corrected chi connectivity index (χ2v) is 23.6. The van der Waals surface area contributed by atoms with Crippen molar-refractivity contribution in [3.63, 3.8) is 0 Å². The Morgan fingerprint density at radius 1 is 0.855 bits per heavy atom. The van der Waals surface area contributed by atoms with Crippen molar-refractivity contribution in [2.75, 3.05) is 41.2 Å². The summed E-state index contributed by atoms with van der Waals surface area (Å²) >= 11 is 0. The number of amides is 1. The zero-order chi connectivity index (χ0) is 51.4. The summed E-state index contributed by atoms with van der Waals surface area (Å²) in [5, 5.41) is 23.5. The number of carbonyl (C=O) groups is 5. The highest BCUT2D eigenvalue weighted by atomic mass is 31.2.